The van der Waals surface area contributed by atoms with Crippen LogP contribution in [-0.4, -0.2) is 38.7 Å². The second-order valence-electron chi connectivity index (χ2n) is 5.60. The Morgan fingerprint density at radius 1 is 1.08 bits per heavy atom. The molecule has 1 aliphatic rings. The van der Waals surface area contributed by atoms with Crippen LogP contribution in [0.15, 0.2) is 17.2 Å². The van der Waals surface area contributed by atoms with Gasteiger partial charge in [0.05, 0.1) is 27.5 Å². The Balaban J connectivity index is 1.99. The van der Waals surface area contributed by atoms with Crippen molar-refractivity contribution in [3.8, 4) is 17.2 Å². The molecule has 1 aromatic carbocycles. The van der Waals surface area contributed by atoms with Gasteiger partial charge >= 0.3 is 0 Å². The minimum atomic E-state index is 0.449. The Bertz CT molecular complexity index is 587. The molecular weight excluding hydrogens is 326 g/mol. The smallest absolute Gasteiger partial charge is 0.203 e. The molecule has 0 saturated heterocycles. The number of nitrogens with zero attached hydrogens (tertiary/aromatic N) is 1. The number of hydrazone groups is 1. The van der Waals surface area contributed by atoms with Crippen LogP contribution in [0.4, 0.5) is 0 Å². The number of ether oxygens (including phenoxy) is 3. The minimum absolute atomic E-state index is 0.449. The third-order valence-electron chi connectivity index (χ3n) is 4.04. The highest BCUT2D eigenvalue weighted by Gasteiger charge is 2.15. The van der Waals surface area contributed by atoms with E-state index in [1.807, 2.05) is 6.07 Å². The average molecular weight is 351 g/mol. The average Bonchev–Trinajstić information content (AvgIpc) is 2.61. The molecule has 0 amide bonds. The molecule has 7 heteroatoms. The topological polar surface area (TPSA) is 64.1 Å². The zero-order chi connectivity index (χ0) is 17.4. The van der Waals surface area contributed by atoms with Crippen molar-refractivity contribution in [2.45, 2.75) is 38.1 Å². The van der Waals surface area contributed by atoms with Crippen LogP contribution in [0.2, 0.25) is 0 Å². The number of thiocarbonyl (C=S) groups is 1. The molecule has 0 aromatic heterocycles. The lowest BCUT2D eigenvalue weighted by atomic mass is 9.96. The van der Waals surface area contributed by atoms with Crippen molar-refractivity contribution in [1.29, 1.82) is 0 Å². The van der Waals surface area contributed by atoms with E-state index >= 15 is 0 Å². The van der Waals surface area contributed by atoms with E-state index in [9.17, 15) is 0 Å². The molecule has 1 saturated carbocycles. The van der Waals surface area contributed by atoms with Crippen LogP contribution in [0.3, 0.4) is 0 Å². The standard InChI is InChI=1S/C17H25N3O3S/c1-21-14-10-9-12(15(22-2)16(14)23-3)11-18-20-17(24)19-13-7-5-4-6-8-13/h9-11,13H,4-8H2,1-3H3,(H2,19,20,24)/b18-11+. The highest BCUT2D eigenvalue weighted by molar-refractivity contribution is 7.80. The molecule has 6 nitrogen and oxygen atoms in total. The molecule has 1 fully saturated rings. The van der Waals surface area contributed by atoms with Crippen LogP contribution in [-0.2, 0) is 0 Å². The highest BCUT2D eigenvalue weighted by atomic mass is 32.1. The first-order chi connectivity index (χ1) is 11.7. The van der Waals surface area contributed by atoms with Gasteiger partial charge in [-0.05, 0) is 37.2 Å². The zero-order valence-corrected chi connectivity index (χ0v) is 15.2. The summed E-state index contributed by atoms with van der Waals surface area (Å²) in [6.07, 6.45) is 7.80. The van der Waals surface area contributed by atoms with Gasteiger partial charge in [-0.25, -0.2) is 0 Å². The van der Waals surface area contributed by atoms with Gasteiger partial charge in [-0.15, -0.1) is 0 Å². The molecule has 1 aromatic rings. The summed E-state index contributed by atoms with van der Waals surface area (Å²) in [5, 5.41) is 8.04. The fourth-order valence-corrected chi connectivity index (χ4v) is 3.07. The van der Waals surface area contributed by atoms with Crippen molar-refractivity contribution in [2.24, 2.45) is 5.10 Å². The summed E-state index contributed by atoms with van der Waals surface area (Å²) in [5.41, 5.74) is 3.62. The molecular formula is C17H25N3O3S. The third kappa shape index (κ3) is 4.74. The number of rotatable bonds is 6. The van der Waals surface area contributed by atoms with Crippen molar-refractivity contribution in [3.05, 3.63) is 17.7 Å². The number of hydrogen-bond acceptors (Lipinski definition) is 5. The molecule has 0 unspecified atom stereocenters. The number of nitrogens with one attached hydrogen (secondary N) is 2. The quantitative estimate of drug-likeness (QED) is 0.467. The molecule has 24 heavy (non-hydrogen) atoms. The lowest BCUT2D eigenvalue weighted by molar-refractivity contribution is 0.324. The largest absolute Gasteiger partial charge is 0.493 e. The normalized spacial score (nSPS) is 15.1. The van der Waals surface area contributed by atoms with Gasteiger partial charge in [0, 0.05) is 11.6 Å². The van der Waals surface area contributed by atoms with E-state index in [1.54, 1.807) is 33.6 Å². The first kappa shape index (κ1) is 18.3. The first-order valence-electron chi connectivity index (χ1n) is 8.08. The van der Waals surface area contributed by atoms with Gasteiger partial charge in [-0.1, -0.05) is 19.3 Å². The van der Waals surface area contributed by atoms with E-state index in [0.717, 1.165) is 18.4 Å². The lowest BCUT2D eigenvalue weighted by Crippen LogP contribution is -2.40. The molecule has 0 radical (unpaired) electrons. The molecule has 0 atom stereocenters. The Kier molecular flexibility index (Phi) is 7.11. The highest BCUT2D eigenvalue weighted by Crippen LogP contribution is 2.38. The summed E-state index contributed by atoms with van der Waals surface area (Å²) in [4.78, 5) is 0. The number of hydrogen-bond donors (Lipinski definition) is 2. The van der Waals surface area contributed by atoms with E-state index in [4.69, 9.17) is 26.4 Å². The van der Waals surface area contributed by atoms with E-state index in [0.29, 0.717) is 28.4 Å². The maximum Gasteiger partial charge on any atom is 0.203 e. The van der Waals surface area contributed by atoms with Crippen LogP contribution >= 0.6 is 12.2 Å². The molecule has 0 spiro atoms. The second-order valence-corrected chi connectivity index (χ2v) is 6.01. The fourth-order valence-electron chi connectivity index (χ4n) is 2.85. The Morgan fingerprint density at radius 2 is 1.79 bits per heavy atom. The summed E-state index contributed by atoms with van der Waals surface area (Å²) in [6.45, 7) is 0. The van der Waals surface area contributed by atoms with Gasteiger partial charge in [-0.2, -0.15) is 5.10 Å². The summed E-state index contributed by atoms with van der Waals surface area (Å²) >= 11 is 5.29. The Labute approximate surface area is 148 Å². The minimum Gasteiger partial charge on any atom is -0.493 e. The SMILES string of the molecule is COc1ccc(/C=N/NC(=S)NC2CCCCC2)c(OC)c1OC. The van der Waals surface area contributed by atoms with Gasteiger partial charge in [0.25, 0.3) is 0 Å². The molecule has 1 aliphatic carbocycles. The summed E-state index contributed by atoms with van der Waals surface area (Å²) in [7, 11) is 4.74. The zero-order valence-electron chi connectivity index (χ0n) is 14.4. The molecule has 0 bridgehead atoms. The van der Waals surface area contributed by atoms with Gasteiger partial charge in [0.2, 0.25) is 5.75 Å². The maximum atomic E-state index is 5.42. The van der Waals surface area contributed by atoms with Gasteiger partial charge in [0.1, 0.15) is 0 Å². The van der Waals surface area contributed by atoms with Crippen molar-refractivity contribution >= 4 is 23.5 Å². The van der Waals surface area contributed by atoms with Gasteiger partial charge in [-0.3, -0.25) is 5.43 Å². The summed E-state index contributed by atoms with van der Waals surface area (Å²) in [5.74, 6) is 1.70. The molecule has 2 rings (SSSR count). The first-order valence-corrected chi connectivity index (χ1v) is 8.49. The number of methoxy groups -OCH3 is 3. The van der Waals surface area contributed by atoms with Crippen molar-refractivity contribution in [3.63, 3.8) is 0 Å². The molecule has 132 valence electrons. The molecule has 0 heterocycles. The van der Waals surface area contributed by atoms with Crippen molar-refractivity contribution < 1.29 is 14.2 Å². The number of benzene rings is 1. The predicted octanol–water partition coefficient (Wildman–Crippen LogP) is 2.84. The predicted molar refractivity (Wildman–Crippen MR) is 99.4 cm³/mol. The third-order valence-corrected chi connectivity index (χ3v) is 4.25. The van der Waals surface area contributed by atoms with Gasteiger partial charge < -0.3 is 19.5 Å². The summed E-state index contributed by atoms with van der Waals surface area (Å²) < 4.78 is 16.0. The van der Waals surface area contributed by atoms with Crippen LogP contribution < -0.4 is 25.0 Å². The Morgan fingerprint density at radius 3 is 2.42 bits per heavy atom. The van der Waals surface area contributed by atoms with E-state index in [-0.39, 0.29) is 0 Å². The van der Waals surface area contributed by atoms with Crippen LogP contribution in [0.25, 0.3) is 0 Å². The molecule has 0 aliphatic heterocycles. The molecule has 2 N–H and O–H groups in total. The van der Waals surface area contributed by atoms with Crippen molar-refractivity contribution in [1.82, 2.24) is 10.7 Å². The second kappa shape index (κ2) is 9.32. The van der Waals surface area contributed by atoms with E-state index < -0.39 is 0 Å². The lowest BCUT2D eigenvalue weighted by Gasteiger charge is -2.23. The maximum absolute atomic E-state index is 5.42. The van der Waals surface area contributed by atoms with E-state index in [2.05, 4.69) is 15.8 Å². The monoisotopic (exact) mass is 351 g/mol. The van der Waals surface area contributed by atoms with Crippen LogP contribution in [0, 0.1) is 0 Å². The Hall–Kier alpha value is -2.02. The van der Waals surface area contributed by atoms with Crippen LogP contribution in [0.1, 0.15) is 37.7 Å². The summed E-state index contributed by atoms with van der Waals surface area (Å²) in [6, 6.07) is 4.11. The van der Waals surface area contributed by atoms with Gasteiger partial charge in [0.15, 0.2) is 16.6 Å². The van der Waals surface area contributed by atoms with Crippen LogP contribution in [0.5, 0.6) is 17.2 Å². The van der Waals surface area contributed by atoms with Crippen molar-refractivity contribution in [2.75, 3.05) is 21.3 Å². The van der Waals surface area contributed by atoms with E-state index in [1.165, 1.54) is 19.3 Å². The fraction of sp³-hybridized carbons (Fsp3) is 0.529.